The van der Waals surface area contributed by atoms with Crippen LogP contribution in [0.5, 0.6) is 23.0 Å². The van der Waals surface area contributed by atoms with Crippen LogP contribution in [0.15, 0.2) is 41.8 Å². The number of thiazole rings is 1. The third-order valence-corrected chi connectivity index (χ3v) is 4.80. The first kappa shape index (κ1) is 21.3. The van der Waals surface area contributed by atoms with Crippen LogP contribution >= 0.6 is 11.3 Å². The lowest BCUT2D eigenvalue weighted by Gasteiger charge is -2.11. The number of alkyl halides is 2. The maximum absolute atomic E-state index is 12.5. The molecule has 10 heteroatoms. The molecule has 0 saturated carbocycles. The van der Waals surface area contributed by atoms with Gasteiger partial charge in [0.25, 0.3) is 5.91 Å². The van der Waals surface area contributed by atoms with Crippen molar-refractivity contribution < 1.29 is 32.5 Å². The molecule has 0 aliphatic rings. The molecule has 1 N–H and O–H groups in total. The second-order valence-corrected chi connectivity index (χ2v) is 6.66. The van der Waals surface area contributed by atoms with E-state index in [9.17, 15) is 13.6 Å². The zero-order chi connectivity index (χ0) is 21.7. The summed E-state index contributed by atoms with van der Waals surface area (Å²) in [4.78, 5) is 16.9. The van der Waals surface area contributed by atoms with Crippen LogP contribution in [0, 0.1) is 0 Å². The Morgan fingerprint density at radius 1 is 0.967 bits per heavy atom. The molecule has 7 nitrogen and oxygen atoms in total. The first-order valence-electron chi connectivity index (χ1n) is 8.57. The molecule has 3 aromatic rings. The van der Waals surface area contributed by atoms with Crippen molar-refractivity contribution in [2.75, 3.05) is 26.6 Å². The molecular weight excluding hydrogens is 418 g/mol. The van der Waals surface area contributed by atoms with E-state index in [2.05, 4.69) is 15.0 Å². The van der Waals surface area contributed by atoms with E-state index in [0.29, 0.717) is 22.3 Å². The van der Waals surface area contributed by atoms with Gasteiger partial charge in [-0.25, -0.2) is 4.98 Å². The van der Waals surface area contributed by atoms with Crippen LogP contribution < -0.4 is 24.3 Å². The zero-order valence-corrected chi connectivity index (χ0v) is 17.1. The highest BCUT2D eigenvalue weighted by molar-refractivity contribution is 7.14. The SMILES string of the molecule is COc1ccc(-c2csc(NC(=O)c3ccc(OC(F)F)c(OC)c3)n2)cc1OC. The lowest BCUT2D eigenvalue weighted by atomic mass is 10.1. The van der Waals surface area contributed by atoms with E-state index in [0.717, 1.165) is 5.56 Å². The van der Waals surface area contributed by atoms with Gasteiger partial charge in [0.1, 0.15) is 0 Å². The Morgan fingerprint density at radius 3 is 2.30 bits per heavy atom. The number of nitrogens with one attached hydrogen (secondary N) is 1. The molecule has 0 unspecified atom stereocenters. The normalized spacial score (nSPS) is 10.6. The molecule has 1 amide bonds. The number of benzene rings is 2. The lowest BCUT2D eigenvalue weighted by Crippen LogP contribution is -2.12. The third kappa shape index (κ3) is 4.77. The molecule has 0 fully saturated rings. The minimum atomic E-state index is -3.00. The predicted molar refractivity (Wildman–Crippen MR) is 108 cm³/mol. The molecule has 0 radical (unpaired) electrons. The highest BCUT2D eigenvalue weighted by Gasteiger charge is 2.16. The number of halogens is 2. The molecule has 0 spiro atoms. The maximum Gasteiger partial charge on any atom is 0.387 e. The van der Waals surface area contributed by atoms with Crippen molar-refractivity contribution in [3.8, 4) is 34.3 Å². The number of methoxy groups -OCH3 is 3. The Bertz CT molecular complexity index is 1040. The molecule has 0 atom stereocenters. The summed E-state index contributed by atoms with van der Waals surface area (Å²) in [6.45, 7) is -3.00. The van der Waals surface area contributed by atoms with E-state index in [-0.39, 0.29) is 17.1 Å². The van der Waals surface area contributed by atoms with E-state index < -0.39 is 12.5 Å². The van der Waals surface area contributed by atoms with Crippen LogP contribution in [-0.4, -0.2) is 38.8 Å². The van der Waals surface area contributed by atoms with Crippen molar-refractivity contribution in [3.63, 3.8) is 0 Å². The number of nitrogens with zero attached hydrogens (tertiary/aromatic N) is 1. The number of hydrogen-bond donors (Lipinski definition) is 1. The van der Waals surface area contributed by atoms with Gasteiger partial charge in [-0.05, 0) is 36.4 Å². The number of aromatic nitrogens is 1. The zero-order valence-electron chi connectivity index (χ0n) is 16.3. The minimum Gasteiger partial charge on any atom is -0.493 e. The van der Waals surface area contributed by atoms with Crippen LogP contribution in [0.2, 0.25) is 0 Å². The van der Waals surface area contributed by atoms with Crippen molar-refractivity contribution >= 4 is 22.4 Å². The van der Waals surface area contributed by atoms with Gasteiger partial charge in [0.05, 0.1) is 27.0 Å². The summed E-state index contributed by atoms with van der Waals surface area (Å²) in [6.07, 6.45) is 0. The fourth-order valence-corrected chi connectivity index (χ4v) is 3.35. The number of rotatable bonds is 8. The Balaban J connectivity index is 1.77. The molecule has 1 aromatic heterocycles. The Morgan fingerprint density at radius 2 is 1.63 bits per heavy atom. The van der Waals surface area contributed by atoms with Gasteiger partial charge in [0.2, 0.25) is 0 Å². The van der Waals surface area contributed by atoms with Crippen LogP contribution in [0.4, 0.5) is 13.9 Å². The summed E-state index contributed by atoms with van der Waals surface area (Å²) in [5.74, 6) is 0.553. The summed E-state index contributed by atoms with van der Waals surface area (Å²) in [5.41, 5.74) is 1.64. The van der Waals surface area contributed by atoms with E-state index in [4.69, 9.17) is 14.2 Å². The van der Waals surface area contributed by atoms with Crippen LogP contribution in [0.3, 0.4) is 0 Å². The van der Waals surface area contributed by atoms with E-state index in [1.807, 2.05) is 6.07 Å². The van der Waals surface area contributed by atoms with Crippen molar-refractivity contribution in [1.82, 2.24) is 4.98 Å². The van der Waals surface area contributed by atoms with E-state index >= 15 is 0 Å². The fourth-order valence-electron chi connectivity index (χ4n) is 2.63. The standard InChI is InChI=1S/C20H18F2N2O5S/c1-26-14-6-4-11(8-16(14)27-2)13-10-30-20(23-13)24-18(25)12-5-7-15(29-19(21)22)17(9-12)28-3/h4-10,19H,1-3H3,(H,23,24,25). The predicted octanol–water partition coefficient (Wildman–Crippen LogP) is 4.69. The highest BCUT2D eigenvalue weighted by Crippen LogP contribution is 2.34. The summed E-state index contributed by atoms with van der Waals surface area (Å²) in [6, 6.07) is 9.30. The summed E-state index contributed by atoms with van der Waals surface area (Å²) >= 11 is 1.24. The number of carbonyl (C=O) groups is 1. The van der Waals surface area contributed by atoms with Gasteiger partial charge in [0.15, 0.2) is 28.1 Å². The molecule has 0 saturated heterocycles. The Hall–Kier alpha value is -3.40. The molecule has 0 aliphatic carbocycles. The van der Waals surface area contributed by atoms with Gasteiger partial charge in [-0.15, -0.1) is 11.3 Å². The lowest BCUT2D eigenvalue weighted by molar-refractivity contribution is -0.0512. The highest BCUT2D eigenvalue weighted by atomic mass is 32.1. The molecule has 1 heterocycles. The average molecular weight is 436 g/mol. The fraction of sp³-hybridized carbons (Fsp3) is 0.200. The first-order valence-corrected chi connectivity index (χ1v) is 9.45. The smallest absolute Gasteiger partial charge is 0.387 e. The molecule has 0 aliphatic heterocycles. The van der Waals surface area contributed by atoms with Crippen molar-refractivity contribution in [3.05, 3.63) is 47.3 Å². The Labute approximate surface area is 175 Å². The van der Waals surface area contributed by atoms with Crippen LogP contribution in [-0.2, 0) is 0 Å². The monoisotopic (exact) mass is 436 g/mol. The molecular formula is C20H18F2N2O5S. The largest absolute Gasteiger partial charge is 0.493 e. The van der Waals surface area contributed by atoms with E-state index in [1.165, 1.54) is 36.6 Å². The maximum atomic E-state index is 12.5. The summed E-state index contributed by atoms with van der Waals surface area (Å²) in [5, 5.41) is 4.84. The molecule has 3 rings (SSSR count). The molecule has 0 bridgehead atoms. The van der Waals surface area contributed by atoms with Crippen LogP contribution in [0.25, 0.3) is 11.3 Å². The van der Waals surface area contributed by atoms with Gasteiger partial charge in [-0.3, -0.25) is 10.1 Å². The second-order valence-electron chi connectivity index (χ2n) is 5.81. The number of anilines is 1. The first-order chi connectivity index (χ1) is 14.4. The number of hydrogen-bond acceptors (Lipinski definition) is 7. The van der Waals surface area contributed by atoms with Crippen LogP contribution in [0.1, 0.15) is 10.4 Å². The van der Waals surface area contributed by atoms with Crippen molar-refractivity contribution in [1.29, 1.82) is 0 Å². The number of amides is 1. The van der Waals surface area contributed by atoms with Crippen molar-refractivity contribution in [2.24, 2.45) is 0 Å². The average Bonchev–Trinajstić information content (AvgIpc) is 3.21. The van der Waals surface area contributed by atoms with E-state index in [1.54, 1.807) is 31.7 Å². The second kappa shape index (κ2) is 9.40. The Kier molecular flexibility index (Phi) is 6.68. The molecule has 158 valence electrons. The molecule has 30 heavy (non-hydrogen) atoms. The topological polar surface area (TPSA) is 78.9 Å². The number of ether oxygens (including phenoxy) is 4. The van der Waals surface area contributed by atoms with Gasteiger partial charge in [-0.2, -0.15) is 8.78 Å². The number of carbonyl (C=O) groups excluding carboxylic acids is 1. The third-order valence-electron chi connectivity index (χ3n) is 4.05. The summed E-state index contributed by atoms with van der Waals surface area (Å²) < 4.78 is 44.8. The van der Waals surface area contributed by atoms with Gasteiger partial charge < -0.3 is 18.9 Å². The van der Waals surface area contributed by atoms with Crippen molar-refractivity contribution in [2.45, 2.75) is 6.61 Å². The van der Waals surface area contributed by atoms with Gasteiger partial charge in [0, 0.05) is 16.5 Å². The van der Waals surface area contributed by atoms with Gasteiger partial charge in [-0.1, -0.05) is 0 Å². The quantitative estimate of drug-likeness (QED) is 0.552. The minimum absolute atomic E-state index is 0.0214. The van der Waals surface area contributed by atoms with Gasteiger partial charge >= 0.3 is 6.61 Å². The summed E-state index contributed by atoms with van der Waals surface area (Å²) in [7, 11) is 4.39. The molecule has 2 aromatic carbocycles.